The minimum absolute atomic E-state index is 0.0214. The SMILES string of the molecule is Cc1c(NC(=O)c2ccc(C(C)(C)C)cc2)cccc1-c1ncnc(Nc2ccc(C(=O)N3CCCCC3)cc2)n1. The van der Waals surface area contributed by atoms with Gasteiger partial charge in [0.1, 0.15) is 6.33 Å². The molecular weight excluding hydrogens is 512 g/mol. The van der Waals surface area contributed by atoms with Crippen molar-refractivity contribution < 1.29 is 9.59 Å². The first kappa shape index (κ1) is 28.0. The van der Waals surface area contributed by atoms with E-state index in [1.54, 1.807) is 0 Å². The van der Waals surface area contributed by atoms with Crippen LogP contribution in [-0.2, 0) is 5.41 Å². The highest BCUT2D eigenvalue weighted by molar-refractivity contribution is 6.05. The van der Waals surface area contributed by atoms with E-state index in [9.17, 15) is 9.59 Å². The molecule has 0 unspecified atom stereocenters. The maximum absolute atomic E-state index is 13.0. The smallest absolute Gasteiger partial charge is 0.255 e. The lowest BCUT2D eigenvalue weighted by Gasteiger charge is -2.26. The van der Waals surface area contributed by atoms with Gasteiger partial charge in [0.05, 0.1) is 0 Å². The second kappa shape index (κ2) is 11.9. The molecule has 1 aromatic heterocycles. The van der Waals surface area contributed by atoms with Gasteiger partial charge in [0.2, 0.25) is 5.95 Å². The summed E-state index contributed by atoms with van der Waals surface area (Å²) >= 11 is 0. The van der Waals surface area contributed by atoms with Gasteiger partial charge in [-0.1, -0.05) is 45.0 Å². The number of nitrogens with one attached hydrogen (secondary N) is 2. The highest BCUT2D eigenvalue weighted by Gasteiger charge is 2.19. The molecule has 5 rings (SSSR count). The number of anilines is 3. The van der Waals surface area contributed by atoms with Crippen LogP contribution in [0.25, 0.3) is 11.4 Å². The summed E-state index contributed by atoms with van der Waals surface area (Å²) in [6.07, 6.45) is 4.77. The van der Waals surface area contributed by atoms with Crippen molar-refractivity contribution in [1.82, 2.24) is 19.9 Å². The molecule has 0 aliphatic carbocycles. The molecular formula is C33H36N6O2. The van der Waals surface area contributed by atoms with Gasteiger partial charge in [-0.2, -0.15) is 4.98 Å². The van der Waals surface area contributed by atoms with E-state index in [0.29, 0.717) is 28.6 Å². The molecule has 1 aliphatic rings. The van der Waals surface area contributed by atoms with Gasteiger partial charge in [-0.25, -0.2) is 9.97 Å². The van der Waals surface area contributed by atoms with E-state index >= 15 is 0 Å². The normalized spacial score (nSPS) is 13.5. The van der Waals surface area contributed by atoms with E-state index in [1.165, 1.54) is 18.3 Å². The monoisotopic (exact) mass is 548 g/mol. The minimum atomic E-state index is -0.175. The van der Waals surface area contributed by atoms with Crippen molar-refractivity contribution in [2.24, 2.45) is 0 Å². The van der Waals surface area contributed by atoms with Gasteiger partial charge in [-0.3, -0.25) is 9.59 Å². The minimum Gasteiger partial charge on any atom is -0.339 e. The number of carbonyl (C=O) groups is 2. The van der Waals surface area contributed by atoms with Gasteiger partial charge >= 0.3 is 0 Å². The van der Waals surface area contributed by atoms with E-state index in [2.05, 4.69) is 46.4 Å². The molecule has 0 radical (unpaired) electrons. The van der Waals surface area contributed by atoms with E-state index in [1.807, 2.05) is 78.6 Å². The fraction of sp³-hybridized carbons (Fsp3) is 0.303. The first-order valence-corrected chi connectivity index (χ1v) is 14.1. The molecule has 0 saturated carbocycles. The molecule has 2 N–H and O–H groups in total. The zero-order valence-electron chi connectivity index (χ0n) is 24.1. The van der Waals surface area contributed by atoms with Crippen LogP contribution in [0.15, 0.2) is 73.1 Å². The second-order valence-corrected chi connectivity index (χ2v) is 11.4. The van der Waals surface area contributed by atoms with Crippen LogP contribution in [-0.4, -0.2) is 44.8 Å². The van der Waals surface area contributed by atoms with Crippen LogP contribution in [0.5, 0.6) is 0 Å². The number of piperidine rings is 1. The average Bonchev–Trinajstić information content (AvgIpc) is 2.98. The summed E-state index contributed by atoms with van der Waals surface area (Å²) in [4.78, 5) is 41.0. The van der Waals surface area contributed by atoms with Crippen molar-refractivity contribution in [3.63, 3.8) is 0 Å². The standard InChI is InChI=1S/C33H36N6O2/c1-22-27(9-8-10-28(22)37-30(40)23-11-15-25(16-12-23)33(2,3)4)29-34-21-35-32(38-29)36-26-17-13-24(14-18-26)31(41)39-19-6-5-7-20-39/h8-18,21H,5-7,19-20H2,1-4H3,(H,37,40)(H,34,35,36,38). The number of rotatable bonds is 6. The van der Waals surface area contributed by atoms with E-state index in [4.69, 9.17) is 0 Å². The molecule has 0 bridgehead atoms. The van der Waals surface area contributed by atoms with Gasteiger partial charge < -0.3 is 15.5 Å². The molecule has 8 nitrogen and oxygen atoms in total. The highest BCUT2D eigenvalue weighted by Crippen LogP contribution is 2.28. The molecule has 4 aromatic rings. The molecule has 2 amide bonds. The van der Waals surface area contributed by atoms with Crippen LogP contribution in [0.1, 0.15) is 71.9 Å². The van der Waals surface area contributed by atoms with E-state index < -0.39 is 0 Å². The van der Waals surface area contributed by atoms with Crippen molar-refractivity contribution in [3.8, 4) is 11.4 Å². The summed E-state index contributed by atoms with van der Waals surface area (Å²) in [5.41, 5.74) is 5.57. The Balaban J connectivity index is 1.29. The number of benzene rings is 3. The zero-order chi connectivity index (χ0) is 29.0. The summed E-state index contributed by atoms with van der Waals surface area (Å²) < 4.78 is 0. The van der Waals surface area contributed by atoms with Crippen molar-refractivity contribution in [1.29, 1.82) is 0 Å². The Labute approximate surface area is 241 Å². The number of likely N-dealkylation sites (tertiary alicyclic amines) is 1. The topological polar surface area (TPSA) is 100 Å². The first-order valence-electron chi connectivity index (χ1n) is 14.1. The third kappa shape index (κ3) is 6.60. The number of hydrogen-bond acceptors (Lipinski definition) is 6. The third-order valence-electron chi connectivity index (χ3n) is 7.44. The zero-order valence-corrected chi connectivity index (χ0v) is 24.1. The molecule has 0 atom stereocenters. The molecule has 2 heterocycles. The van der Waals surface area contributed by atoms with Crippen LogP contribution >= 0.6 is 0 Å². The molecule has 8 heteroatoms. The number of carbonyl (C=O) groups excluding carboxylic acids is 2. The largest absolute Gasteiger partial charge is 0.339 e. The summed E-state index contributed by atoms with van der Waals surface area (Å²) in [5.74, 6) is 0.773. The van der Waals surface area contributed by atoms with Crippen LogP contribution in [0.4, 0.5) is 17.3 Å². The summed E-state index contributed by atoms with van der Waals surface area (Å²) in [5, 5.41) is 6.24. The number of nitrogens with zero attached hydrogens (tertiary/aromatic N) is 4. The lowest BCUT2D eigenvalue weighted by molar-refractivity contribution is 0.0724. The van der Waals surface area contributed by atoms with Crippen LogP contribution in [0, 0.1) is 6.92 Å². The molecule has 0 spiro atoms. The van der Waals surface area contributed by atoms with Crippen LogP contribution < -0.4 is 10.6 Å². The lowest BCUT2D eigenvalue weighted by atomic mass is 9.86. The van der Waals surface area contributed by atoms with Crippen molar-refractivity contribution in [2.75, 3.05) is 23.7 Å². The van der Waals surface area contributed by atoms with Gasteiger partial charge in [0, 0.05) is 41.2 Å². The number of hydrogen-bond donors (Lipinski definition) is 2. The first-order chi connectivity index (χ1) is 19.7. The molecule has 1 fully saturated rings. The maximum atomic E-state index is 13.0. The fourth-order valence-corrected chi connectivity index (χ4v) is 4.92. The van der Waals surface area contributed by atoms with Gasteiger partial charge in [0.15, 0.2) is 5.82 Å². The Morgan fingerprint density at radius 3 is 2.20 bits per heavy atom. The lowest BCUT2D eigenvalue weighted by Crippen LogP contribution is -2.35. The molecule has 210 valence electrons. The Morgan fingerprint density at radius 2 is 1.51 bits per heavy atom. The Bertz CT molecular complexity index is 1540. The van der Waals surface area contributed by atoms with Crippen LogP contribution in [0.3, 0.4) is 0 Å². The van der Waals surface area contributed by atoms with Gasteiger partial charge in [-0.15, -0.1) is 0 Å². The second-order valence-electron chi connectivity index (χ2n) is 11.4. The van der Waals surface area contributed by atoms with E-state index in [-0.39, 0.29) is 17.2 Å². The van der Waals surface area contributed by atoms with Crippen molar-refractivity contribution in [2.45, 2.75) is 52.4 Å². The number of aromatic nitrogens is 3. The predicted octanol–water partition coefficient (Wildman–Crippen LogP) is 6.77. The average molecular weight is 549 g/mol. The van der Waals surface area contributed by atoms with Crippen LogP contribution in [0.2, 0.25) is 0 Å². The summed E-state index contributed by atoms with van der Waals surface area (Å²) in [6, 6.07) is 20.7. The summed E-state index contributed by atoms with van der Waals surface area (Å²) in [7, 11) is 0. The van der Waals surface area contributed by atoms with E-state index in [0.717, 1.165) is 42.7 Å². The molecule has 1 saturated heterocycles. The quantitative estimate of drug-likeness (QED) is 0.276. The van der Waals surface area contributed by atoms with Crippen molar-refractivity contribution in [3.05, 3.63) is 95.3 Å². The Morgan fingerprint density at radius 1 is 0.829 bits per heavy atom. The van der Waals surface area contributed by atoms with Gasteiger partial charge in [-0.05, 0) is 85.2 Å². The Hall–Kier alpha value is -4.59. The molecule has 3 aromatic carbocycles. The van der Waals surface area contributed by atoms with Crippen molar-refractivity contribution >= 4 is 29.1 Å². The maximum Gasteiger partial charge on any atom is 0.255 e. The highest BCUT2D eigenvalue weighted by atomic mass is 16.2. The fourth-order valence-electron chi connectivity index (χ4n) is 4.92. The van der Waals surface area contributed by atoms with Gasteiger partial charge in [0.25, 0.3) is 11.8 Å². The predicted molar refractivity (Wildman–Crippen MR) is 163 cm³/mol. The molecule has 1 aliphatic heterocycles. The number of amides is 2. The third-order valence-corrected chi connectivity index (χ3v) is 7.44. The summed E-state index contributed by atoms with van der Waals surface area (Å²) in [6.45, 7) is 10.0. The Kier molecular flexibility index (Phi) is 8.10. The molecule has 41 heavy (non-hydrogen) atoms.